The van der Waals surface area contributed by atoms with Crippen LogP contribution in [0.15, 0.2) is 42.5 Å². The van der Waals surface area contributed by atoms with Crippen LogP contribution in [0.5, 0.6) is 5.75 Å². The average Bonchev–Trinajstić information content (AvgIpc) is 2.39. The van der Waals surface area contributed by atoms with Crippen molar-refractivity contribution in [3.8, 4) is 5.75 Å². The highest BCUT2D eigenvalue weighted by molar-refractivity contribution is 14.1. The summed E-state index contributed by atoms with van der Waals surface area (Å²) in [5.74, 6) is 0.665. The summed E-state index contributed by atoms with van der Waals surface area (Å²) in [6.07, 6.45) is -0.606. The van der Waals surface area contributed by atoms with Gasteiger partial charge in [-0.25, -0.2) is 0 Å². The van der Waals surface area contributed by atoms with Crippen molar-refractivity contribution in [2.45, 2.75) is 19.6 Å². The first kappa shape index (κ1) is 14.6. The normalized spacial score (nSPS) is 12.2. The minimum Gasteiger partial charge on any atom is -0.489 e. The Morgan fingerprint density at radius 1 is 1.21 bits per heavy atom. The Morgan fingerprint density at radius 3 is 2.53 bits per heavy atom. The lowest BCUT2D eigenvalue weighted by molar-refractivity contribution is 0.190. The number of hydrogen-bond acceptors (Lipinski definition) is 2. The van der Waals surface area contributed by atoms with Crippen molar-refractivity contribution in [3.05, 3.63) is 62.2 Å². The van der Waals surface area contributed by atoms with Crippen LogP contribution in [0.1, 0.15) is 24.2 Å². The van der Waals surface area contributed by atoms with E-state index >= 15 is 0 Å². The van der Waals surface area contributed by atoms with Crippen LogP contribution in [0.3, 0.4) is 0 Å². The van der Waals surface area contributed by atoms with Gasteiger partial charge in [-0.1, -0.05) is 23.7 Å². The lowest BCUT2D eigenvalue weighted by Gasteiger charge is -2.14. The van der Waals surface area contributed by atoms with E-state index in [9.17, 15) is 5.11 Å². The summed E-state index contributed by atoms with van der Waals surface area (Å²) in [6, 6.07) is 13.4. The highest BCUT2D eigenvalue weighted by atomic mass is 127. The van der Waals surface area contributed by atoms with Crippen molar-refractivity contribution in [2.24, 2.45) is 0 Å². The molecule has 0 aromatic heterocycles. The third-order valence-corrected chi connectivity index (χ3v) is 3.68. The largest absolute Gasteiger partial charge is 0.489 e. The van der Waals surface area contributed by atoms with Gasteiger partial charge in [-0.3, -0.25) is 0 Å². The van der Waals surface area contributed by atoms with Gasteiger partial charge in [0.05, 0.1) is 6.10 Å². The molecule has 4 heteroatoms. The molecule has 0 radical (unpaired) electrons. The lowest BCUT2D eigenvalue weighted by atomic mass is 10.1. The second-order valence-electron chi connectivity index (χ2n) is 4.27. The standard InChI is InChI=1S/C15H14ClIO2/c1-10(18)14-8-12(16)4-7-15(14)19-9-11-2-5-13(17)6-3-11/h2-8,10,18H,9H2,1H3/t10-/m0/s1. The highest BCUT2D eigenvalue weighted by Crippen LogP contribution is 2.28. The second-order valence-corrected chi connectivity index (χ2v) is 5.96. The Hall–Kier alpha value is -0.780. The molecule has 0 unspecified atom stereocenters. The molecule has 0 aliphatic heterocycles. The van der Waals surface area contributed by atoms with Crippen molar-refractivity contribution in [1.82, 2.24) is 0 Å². The van der Waals surface area contributed by atoms with Crippen LogP contribution in [-0.4, -0.2) is 5.11 Å². The van der Waals surface area contributed by atoms with Gasteiger partial charge in [-0.05, 0) is 65.4 Å². The predicted molar refractivity (Wildman–Crippen MR) is 85.6 cm³/mol. The van der Waals surface area contributed by atoms with Crippen molar-refractivity contribution in [3.63, 3.8) is 0 Å². The molecule has 2 rings (SSSR count). The number of halogens is 2. The van der Waals surface area contributed by atoms with Gasteiger partial charge in [0, 0.05) is 14.2 Å². The third-order valence-electron chi connectivity index (χ3n) is 2.73. The first-order valence-electron chi connectivity index (χ1n) is 5.91. The molecule has 0 heterocycles. The average molecular weight is 389 g/mol. The number of aliphatic hydroxyl groups excluding tert-OH is 1. The van der Waals surface area contributed by atoms with E-state index in [2.05, 4.69) is 22.6 Å². The minimum atomic E-state index is -0.606. The summed E-state index contributed by atoms with van der Waals surface area (Å²) in [6.45, 7) is 2.17. The van der Waals surface area contributed by atoms with E-state index in [0.29, 0.717) is 22.9 Å². The Labute approximate surface area is 131 Å². The zero-order valence-electron chi connectivity index (χ0n) is 10.4. The van der Waals surface area contributed by atoms with Crippen molar-refractivity contribution >= 4 is 34.2 Å². The van der Waals surface area contributed by atoms with E-state index in [0.717, 1.165) is 5.56 Å². The molecular formula is C15H14ClIO2. The first-order valence-corrected chi connectivity index (χ1v) is 7.36. The molecule has 2 aromatic carbocycles. The van der Waals surface area contributed by atoms with Crippen molar-refractivity contribution in [2.75, 3.05) is 0 Å². The molecule has 19 heavy (non-hydrogen) atoms. The van der Waals surface area contributed by atoms with E-state index in [1.54, 1.807) is 25.1 Å². The quantitative estimate of drug-likeness (QED) is 0.777. The predicted octanol–water partition coefficient (Wildman–Crippen LogP) is 4.58. The van der Waals surface area contributed by atoms with E-state index in [1.165, 1.54) is 3.57 Å². The van der Waals surface area contributed by atoms with Gasteiger partial charge >= 0.3 is 0 Å². The fraction of sp³-hybridized carbons (Fsp3) is 0.200. The van der Waals surface area contributed by atoms with Gasteiger partial charge in [-0.2, -0.15) is 0 Å². The molecule has 0 aliphatic carbocycles. The van der Waals surface area contributed by atoms with Crippen LogP contribution in [0.25, 0.3) is 0 Å². The zero-order chi connectivity index (χ0) is 13.8. The van der Waals surface area contributed by atoms with Gasteiger partial charge in [0.25, 0.3) is 0 Å². The van der Waals surface area contributed by atoms with E-state index in [-0.39, 0.29) is 0 Å². The Bertz CT molecular complexity index is 553. The molecule has 0 aliphatic rings. The zero-order valence-corrected chi connectivity index (χ0v) is 13.4. The summed E-state index contributed by atoms with van der Waals surface area (Å²) in [5.41, 5.74) is 1.80. The molecule has 2 nitrogen and oxygen atoms in total. The van der Waals surface area contributed by atoms with E-state index < -0.39 is 6.10 Å². The van der Waals surface area contributed by atoms with Gasteiger partial charge in [0.2, 0.25) is 0 Å². The number of rotatable bonds is 4. The number of benzene rings is 2. The van der Waals surface area contributed by atoms with Crippen molar-refractivity contribution < 1.29 is 9.84 Å². The maximum atomic E-state index is 9.72. The fourth-order valence-corrected chi connectivity index (χ4v) is 2.26. The summed E-state index contributed by atoms with van der Waals surface area (Å²) in [4.78, 5) is 0. The van der Waals surface area contributed by atoms with Crippen LogP contribution in [-0.2, 0) is 6.61 Å². The topological polar surface area (TPSA) is 29.5 Å². The van der Waals surface area contributed by atoms with Gasteiger partial charge in [0.15, 0.2) is 0 Å². The molecule has 0 bridgehead atoms. The Kier molecular flexibility index (Phi) is 5.07. The van der Waals surface area contributed by atoms with Crippen molar-refractivity contribution in [1.29, 1.82) is 0 Å². The second kappa shape index (κ2) is 6.59. The number of hydrogen-bond donors (Lipinski definition) is 1. The molecule has 1 N–H and O–H groups in total. The monoisotopic (exact) mass is 388 g/mol. The first-order chi connectivity index (χ1) is 9.06. The van der Waals surface area contributed by atoms with Gasteiger partial charge < -0.3 is 9.84 Å². The molecule has 0 amide bonds. The third kappa shape index (κ3) is 4.09. The molecule has 1 atom stereocenters. The van der Waals surface area contributed by atoms with Crippen LogP contribution >= 0.6 is 34.2 Å². The van der Waals surface area contributed by atoms with Crippen LogP contribution < -0.4 is 4.74 Å². The van der Waals surface area contributed by atoms with Gasteiger partial charge in [-0.15, -0.1) is 0 Å². The molecule has 0 saturated carbocycles. The summed E-state index contributed by atoms with van der Waals surface area (Å²) in [5, 5.41) is 10.3. The Morgan fingerprint density at radius 2 is 1.89 bits per heavy atom. The van der Waals surface area contributed by atoms with Crippen LogP contribution in [0.2, 0.25) is 5.02 Å². The molecule has 100 valence electrons. The Balaban J connectivity index is 2.13. The lowest BCUT2D eigenvalue weighted by Crippen LogP contribution is -2.01. The highest BCUT2D eigenvalue weighted by Gasteiger charge is 2.10. The molecular weight excluding hydrogens is 375 g/mol. The van der Waals surface area contributed by atoms with Crippen LogP contribution in [0, 0.1) is 3.57 Å². The van der Waals surface area contributed by atoms with E-state index in [1.807, 2.05) is 24.3 Å². The molecule has 2 aromatic rings. The summed E-state index contributed by atoms with van der Waals surface area (Å²) >= 11 is 8.19. The maximum absolute atomic E-state index is 9.72. The smallest absolute Gasteiger partial charge is 0.125 e. The van der Waals surface area contributed by atoms with Crippen LogP contribution in [0.4, 0.5) is 0 Å². The molecule has 0 fully saturated rings. The summed E-state index contributed by atoms with van der Waals surface area (Å²) < 4.78 is 6.95. The SMILES string of the molecule is C[C@H](O)c1cc(Cl)ccc1OCc1ccc(I)cc1. The van der Waals surface area contributed by atoms with E-state index in [4.69, 9.17) is 16.3 Å². The van der Waals surface area contributed by atoms with Gasteiger partial charge in [0.1, 0.15) is 12.4 Å². The maximum Gasteiger partial charge on any atom is 0.125 e. The number of ether oxygens (including phenoxy) is 1. The molecule has 0 spiro atoms. The minimum absolute atomic E-state index is 0.471. The summed E-state index contributed by atoms with van der Waals surface area (Å²) in [7, 11) is 0. The molecule has 0 saturated heterocycles. The number of aliphatic hydroxyl groups is 1. The fourth-order valence-electron chi connectivity index (χ4n) is 1.72.